The zero-order chi connectivity index (χ0) is 6.69. The molecule has 1 heterocycles. The van der Waals surface area contributed by atoms with Crippen LogP contribution in [0.4, 0.5) is 0 Å². The van der Waals surface area contributed by atoms with Crippen LogP contribution in [0.15, 0.2) is 0 Å². The van der Waals surface area contributed by atoms with Crippen LogP contribution in [0.1, 0.15) is 26.7 Å². The summed E-state index contributed by atoms with van der Waals surface area (Å²) in [7, 11) is 0. The number of rotatable bonds is 2. The molecule has 1 N–H and O–H groups in total. The van der Waals surface area contributed by atoms with Gasteiger partial charge in [0.1, 0.15) is 0 Å². The van der Waals surface area contributed by atoms with E-state index in [0.29, 0.717) is 12.0 Å². The van der Waals surface area contributed by atoms with Gasteiger partial charge in [-0.1, -0.05) is 20.3 Å². The fourth-order valence-corrected chi connectivity index (χ4v) is 1.17. The highest BCUT2D eigenvalue weighted by atomic mass is 16.7. The molecule has 9 heavy (non-hydrogen) atoms. The monoisotopic (exact) mass is 129 g/mol. The maximum atomic E-state index is 5.07. The van der Waals surface area contributed by atoms with Crippen LogP contribution in [-0.2, 0) is 4.84 Å². The smallest absolute Gasteiger partial charge is 0.0723 e. The molecule has 1 aliphatic rings. The van der Waals surface area contributed by atoms with Crippen molar-refractivity contribution in [3.8, 4) is 0 Å². The average Bonchev–Trinajstić information content (AvgIpc) is 2.18. The summed E-state index contributed by atoms with van der Waals surface area (Å²) in [5, 5.41) is 0. The molecule has 0 aromatic heterocycles. The van der Waals surface area contributed by atoms with Crippen LogP contribution in [0.5, 0.6) is 0 Å². The maximum absolute atomic E-state index is 5.07. The zero-order valence-electron chi connectivity index (χ0n) is 6.18. The molecule has 0 aromatic carbocycles. The van der Waals surface area contributed by atoms with Crippen LogP contribution < -0.4 is 5.48 Å². The highest BCUT2D eigenvalue weighted by Crippen LogP contribution is 2.14. The molecule has 0 saturated carbocycles. The molecule has 1 saturated heterocycles. The van der Waals surface area contributed by atoms with Gasteiger partial charge in [-0.25, -0.2) is 0 Å². The molecule has 0 aliphatic carbocycles. The zero-order valence-corrected chi connectivity index (χ0v) is 6.18. The van der Waals surface area contributed by atoms with Gasteiger partial charge >= 0.3 is 0 Å². The van der Waals surface area contributed by atoms with E-state index >= 15 is 0 Å². The van der Waals surface area contributed by atoms with Crippen molar-refractivity contribution < 1.29 is 4.84 Å². The predicted molar refractivity (Wildman–Crippen MR) is 36.9 cm³/mol. The second kappa shape index (κ2) is 3.18. The van der Waals surface area contributed by atoms with Crippen molar-refractivity contribution in [1.82, 2.24) is 5.48 Å². The number of hydroxylamine groups is 1. The van der Waals surface area contributed by atoms with Crippen molar-refractivity contribution in [3.05, 3.63) is 0 Å². The van der Waals surface area contributed by atoms with Gasteiger partial charge in [0.15, 0.2) is 0 Å². The molecule has 54 valence electrons. The lowest BCUT2D eigenvalue weighted by Crippen LogP contribution is -2.24. The molecule has 2 atom stereocenters. The van der Waals surface area contributed by atoms with Gasteiger partial charge in [-0.05, 0) is 12.3 Å². The first-order chi connectivity index (χ1) is 4.34. The highest BCUT2D eigenvalue weighted by Gasteiger charge is 2.22. The van der Waals surface area contributed by atoms with E-state index in [4.69, 9.17) is 4.84 Å². The molecule has 0 aromatic rings. The van der Waals surface area contributed by atoms with E-state index in [1.54, 1.807) is 0 Å². The van der Waals surface area contributed by atoms with E-state index in [2.05, 4.69) is 19.3 Å². The topological polar surface area (TPSA) is 21.3 Å². The van der Waals surface area contributed by atoms with Crippen molar-refractivity contribution >= 4 is 0 Å². The summed E-state index contributed by atoms with van der Waals surface area (Å²) >= 11 is 0. The van der Waals surface area contributed by atoms with Gasteiger partial charge < -0.3 is 4.84 Å². The van der Waals surface area contributed by atoms with Gasteiger partial charge in [0.25, 0.3) is 0 Å². The Labute approximate surface area is 56.5 Å². The lowest BCUT2D eigenvalue weighted by atomic mass is 10.0. The van der Waals surface area contributed by atoms with Gasteiger partial charge in [0.2, 0.25) is 0 Å². The lowest BCUT2D eigenvalue weighted by molar-refractivity contribution is 0.0852. The van der Waals surface area contributed by atoms with E-state index in [1.807, 2.05) is 0 Å². The fraction of sp³-hybridized carbons (Fsp3) is 1.00. The largest absolute Gasteiger partial charge is 0.301 e. The molecular formula is C7H15NO. The summed E-state index contributed by atoms with van der Waals surface area (Å²) in [5.41, 5.74) is 3.01. The summed E-state index contributed by atoms with van der Waals surface area (Å²) in [6.45, 7) is 5.30. The van der Waals surface area contributed by atoms with Crippen molar-refractivity contribution in [3.63, 3.8) is 0 Å². The summed E-state index contributed by atoms with van der Waals surface area (Å²) in [5.74, 6) is 0.699. The van der Waals surface area contributed by atoms with E-state index in [0.717, 1.165) is 6.61 Å². The number of nitrogens with one attached hydrogen (secondary N) is 1. The van der Waals surface area contributed by atoms with E-state index in [9.17, 15) is 0 Å². The third-order valence-corrected chi connectivity index (χ3v) is 1.87. The minimum absolute atomic E-state index is 0.606. The third kappa shape index (κ3) is 1.66. The first-order valence-corrected chi connectivity index (χ1v) is 3.72. The molecule has 1 rings (SSSR count). The summed E-state index contributed by atoms with van der Waals surface area (Å²) in [6, 6.07) is 0.606. The van der Waals surface area contributed by atoms with Crippen LogP contribution >= 0.6 is 0 Å². The van der Waals surface area contributed by atoms with Gasteiger partial charge in [0.05, 0.1) is 6.61 Å². The standard InChI is InChI=1S/C7H15NO/c1-3-4-7-6(2)5-9-8-7/h6-8H,3-5H2,1-2H3/t6-,7-/m1/s1. The molecule has 0 bridgehead atoms. The second-order valence-electron chi connectivity index (χ2n) is 2.80. The van der Waals surface area contributed by atoms with Gasteiger partial charge in [-0.15, -0.1) is 0 Å². The summed E-state index contributed by atoms with van der Waals surface area (Å²) < 4.78 is 0. The van der Waals surface area contributed by atoms with Crippen LogP contribution in [0.25, 0.3) is 0 Å². The van der Waals surface area contributed by atoms with Crippen LogP contribution in [0.3, 0.4) is 0 Å². The Balaban J connectivity index is 2.22. The van der Waals surface area contributed by atoms with Crippen LogP contribution in [0, 0.1) is 5.92 Å². The number of hydrogen-bond acceptors (Lipinski definition) is 2. The molecule has 2 nitrogen and oxygen atoms in total. The molecule has 2 heteroatoms. The minimum atomic E-state index is 0.606. The quantitative estimate of drug-likeness (QED) is 0.607. The summed E-state index contributed by atoms with van der Waals surface area (Å²) in [6.07, 6.45) is 2.48. The Kier molecular flexibility index (Phi) is 2.49. The second-order valence-corrected chi connectivity index (χ2v) is 2.80. The molecule has 0 amide bonds. The van der Waals surface area contributed by atoms with E-state index < -0.39 is 0 Å². The normalized spacial score (nSPS) is 35.3. The Hall–Kier alpha value is -0.0800. The summed E-state index contributed by atoms with van der Waals surface area (Å²) in [4.78, 5) is 5.07. The first-order valence-electron chi connectivity index (χ1n) is 3.72. The molecule has 0 radical (unpaired) electrons. The van der Waals surface area contributed by atoms with Crippen molar-refractivity contribution in [1.29, 1.82) is 0 Å². The van der Waals surface area contributed by atoms with Crippen molar-refractivity contribution in [2.45, 2.75) is 32.7 Å². The fourth-order valence-electron chi connectivity index (χ4n) is 1.17. The Morgan fingerprint density at radius 2 is 2.44 bits per heavy atom. The van der Waals surface area contributed by atoms with Crippen molar-refractivity contribution in [2.24, 2.45) is 5.92 Å². The van der Waals surface area contributed by atoms with Crippen LogP contribution in [-0.4, -0.2) is 12.6 Å². The Morgan fingerprint density at radius 3 is 2.89 bits per heavy atom. The average molecular weight is 129 g/mol. The SMILES string of the molecule is CCC[C@H]1NOC[C@H]1C. The predicted octanol–water partition coefficient (Wildman–Crippen LogP) is 1.33. The maximum Gasteiger partial charge on any atom is 0.0723 e. The van der Waals surface area contributed by atoms with E-state index in [-0.39, 0.29) is 0 Å². The van der Waals surface area contributed by atoms with Crippen molar-refractivity contribution in [2.75, 3.05) is 6.61 Å². The molecule has 1 fully saturated rings. The number of hydrogen-bond donors (Lipinski definition) is 1. The molecular weight excluding hydrogens is 114 g/mol. The van der Waals surface area contributed by atoms with Gasteiger partial charge in [-0.3, -0.25) is 0 Å². The lowest BCUT2D eigenvalue weighted by Gasteiger charge is -2.10. The van der Waals surface area contributed by atoms with Gasteiger partial charge in [-0.2, -0.15) is 5.48 Å². The first kappa shape index (κ1) is 7.03. The Bertz CT molecular complexity index is 85.0. The van der Waals surface area contributed by atoms with Crippen LogP contribution in [0.2, 0.25) is 0 Å². The molecule has 0 unspecified atom stereocenters. The van der Waals surface area contributed by atoms with Gasteiger partial charge in [0, 0.05) is 6.04 Å². The third-order valence-electron chi connectivity index (χ3n) is 1.87. The minimum Gasteiger partial charge on any atom is -0.301 e. The molecule has 1 aliphatic heterocycles. The Morgan fingerprint density at radius 1 is 1.67 bits per heavy atom. The molecule has 0 spiro atoms. The van der Waals surface area contributed by atoms with E-state index in [1.165, 1.54) is 12.8 Å². The highest BCUT2D eigenvalue weighted by molar-refractivity contribution is 4.72.